The number of nitrogens with one attached hydrogen (secondary N) is 2. The number of carbonyl (C=O) groups excluding carboxylic acids is 1. The van der Waals surface area contributed by atoms with Crippen molar-refractivity contribution in [2.75, 3.05) is 5.32 Å². The summed E-state index contributed by atoms with van der Waals surface area (Å²) in [5.74, 6) is 0.980. The van der Waals surface area contributed by atoms with E-state index in [0.29, 0.717) is 20.9 Å². The van der Waals surface area contributed by atoms with Gasteiger partial charge in [-0.15, -0.1) is 11.3 Å². The van der Waals surface area contributed by atoms with Crippen LogP contribution in [0.1, 0.15) is 88.3 Å². The van der Waals surface area contributed by atoms with E-state index in [1.165, 1.54) is 27.9 Å². The van der Waals surface area contributed by atoms with Crippen LogP contribution < -0.4 is 5.32 Å². The molecule has 0 saturated heterocycles. The molecule has 0 bridgehead atoms. The molecule has 2 aromatic rings. The molecule has 204 valence electrons. The Labute approximate surface area is 228 Å². The Hall–Kier alpha value is -1.68. The maximum atomic E-state index is 14.4. The third-order valence-electron chi connectivity index (χ3n) is 8.61. The fraction of sp³-hybridized carbons (Fsp3) is 0.607. The Morgan fingerprint density at radius 1 is 1.16 bits per heavy atom. The number of thiophene rings is 1. The quantitative estimate of drug-likeness (QED) is 0.301. The van der Waals surface area contributed by atoms with Gasteiger partial charge in [0.15, 0.2) is 18.2 Å². The van der Waals surface area contributed by atoms with Gasteiger partial charge in [0, 0.05) is 10.6 Å². The fourth-order valence-corrected chi connectivity index (χ4v) is 12.6. The van der Waals surface area contributed by atoms with E-state index in [-0.39, 0.29) is 5.04 Å². The van der Waals surface area contributed by atoms with Gasteiger partial charge >= 0.3 is 6.03 Å². The number of nitrogens with zero attached hydrogens (tertiary/aromatic N) is 1. The maximum absolute atomic E-state index is 14.4. The van der Waals surface area contributed by atoms with Crippen LogP contribution >= 0.6 is 11.3 Å². The molecule has 2 amide bonds. The van der Waals surface area contributed by atoms with Gasteiger partial charge in [0.1, 0.15) is 4.21 Å². The summed E-state index contributed by atoms with van der Waals surface area (Å²) in [5.41, 5.74) is 3.40. The molecule has 0 aliphatic heterocycles. The third kappa shape index (κ3) is 5.29. The van der Waals surface area contributed by atoms with Gasteiger partial charge in [-0.1, -0.05) is 39.8 Å². The number of urea groups is 1. The number of carbonyl (C=O) groups is 1. The average molecular weight is 562 g/mol. The Bertz CT molecular complexity index is 1300. The lowest BCUT2D eigenvalue weighted by atomic mass is 9.91. The first kappa shape index (κ1) is 28.3. The van der Waals surface area contributed by atoms with Crippen LogP contribution in [0.15, 0.2) is 28.5 Å². The van der Waals surface area contributed by atoms with Crippen LogP contribution in [0.4, 0.5) is 10.5 Å². The van der Waals surface area contributed by atoms with E-state index in [2.05, 4.69) is 45.1 Å². The second-order valence-corrected chi connectivity index (χ2v) is 21.5. The number of hydrogen-bond donors (Lipinski definition) is 3. The lowest BCUT2D eigenvalue weighted by molar-refractivity contribution is 0.0825. The summed E-state index contributed by atoms with van der Waals surface area (Å²) in [7, 11) is -6.44. The van der Waals surface area contributed by atoms with Gasteiger partial charge in [-0.25, -0.2) is 13.8 Å². The average Bonchev–Trinajstić information content (AvgIpc) is 3.27. The normalized spacial score (nSPS) is 18.7. The minimum Gasteiger partial charge on any atom is -0.385 e. The molecular formula is C28H43N3O3S2Si. The summed E-state index contributed by atoms with van der Waals surface area (Å²) in [6, 6.07) is 7.30. The number of anilines is 1. The molecule has 3 N–H and O–H groups in total. The highest BCUT2D eigenvalue weighted by Crippen LogP contribution is 2.47. The van der Waals surface area contributed by atoms with Crippen molar-refractivity contribution >= 4 is 41.2 Å². The molecule has 37 heavy (non-hydrogen) atoms. The van der Waals surface area contributed by atoms with Crippen LogP contribution in [-0.2, 0) is 28.4 Å². The highest BCUT2D eigenvalue weighted by molar-refractivity contribution is 7.94. The molecule has 1 saturated carbocycles. The number of hydrogen-bond acceptors (Lipinski definition) is 5. The Balaban J connectivity index is 1.81. The molecule has 9 heteroatoms. The van der Waals surface area contributed by atoms with E-state index in [1.807, 2.05) is 13.1 Å². The number of rotatable bonds is 7. The molecule has 6 nitrogen and oxygen atoms in total. The van der Waals surface area contributed by atoms with E-state index in [0.717, 1.165) is 41.9 Å². The van der Waals surface area contributed by atoms with E-state index in [4.69, 9.17) is 0 Å². The SMILES string of the molecule is CC(c1ccc2c(c1NC(=O)N([Si](C)(C)C(C)(C)C)[S@](=N)(=O)c1ccc(C(C)(C)O)s1)CCC2)C1CC1. The molecule has 0 radical (unpaired) electrons. The van der Waals surface area contributed by atoms with Gasteiger partial charge in [-0.3, -0.25) is 3.97 Å². The van der Waals surface area contributed by atoms with E-state index >= 15 is 0 Å². The Kier molecular flexibility index (Phi) is 7.27. The van der Waals surface area contributed by atoms with E-state index in [9.17, 15) is 18.9 Å². The summed E-state index contributed by atoms with van der Waals surface area (Å²) < 4.78 is 25.3. The lowest BCUT2D eigenvalue weighted by Gasteiger charge is -2.45. The molecule has 2 aliphatic rings. The van der Waals surface area contributed by atoms with Gasteiger partial charge in [-0.2, -0.15) is 0 Å². The zero-order valence-corrected chi connectivity index (χ0v) is 26.2. The van der Waals surface area contributed by atoms with Crippen molar-refractivity contribution in [1.29, 1.82) is 4.78 Å². The molecule has 1 heterocycles. The highest BCUT2D eigenvalue weighted by Gasteiger charge is 2.49. The number of amides is 2. The van der Waals surface area contributed by atoms with Crippen molar-refractivity contribution in [3.8, 4) is 0 Å². The first-order valence-electron chi connectivity index (χ1n) is 13.3. The van der Waals surface area contributed by atoms with Crippen LogP contribution in [-0.4, -0.2) is 27.6 Å². The molecule has 1 unspecified atom stereocenters. The first-order valence-corrected chi connectivity index (χ1v) is 18.6. The third-order valence-corrected chi connectivity index (χ3v) is 19.1. The summed E-state index contributed by atoms with van der Waals surface area (Å²) in [6.45, 7) is 15.8. The number of fused-ring (bicyclic) bond motifs is 1. The molecule has 4 rings (SSSR count). The summed E-state index contributed by atoms with van der Waals surface area (Å²) in [4.78, 5) is 14.9. The van der Waals surface area contributed by atoms with Crippen molar-refractivity contribution < 1.29 is 14.1 Å². The van der Waals surface area contributed by atoms with Crippen molar-refractivity contribution in [2.45, 2.75) is 108 Å². The van der Waals surface area contributed by atoms with Crippen LogP contribution in [0, 0.1) is 10.7 Å². The Morgan fingerprint density at radius 2 is 1.81 bits per heavy atom. The fourth-order valence-electron chi connectivity index (χ4n) is 5.10. The number of aliphatic hydroxyl groups is 1. The molecule has 2 atom stereocenters. The predicted molar refractivity (Wildman–Crippen MR) is 156 cm³/mol. The van der Waals surface area contributed by atoms with E-state index < -0.39 is 29.8 Å². The predicted octanol–water partition coefficient (Wildman–Crippen LogP) is 7.84. The molecular weight excluding hydrogens is 519 g/mol. The van der Waals surface area contributed by atoms with Crippen LogP contribution in [0.3, 0.4) is 0 Å². The van der Waals surface area contributed by atoms with Crippen molar-refractivity contribution in [3.63, 3.8) is 0 Å². The minimum absolute atomic E-state index is 0.300. The zero-order chi connectivity index (χ0) is 27.6. The maximum Gasteiger partial charge on any atom is 0.326 e. The standard InChI is InChI=1S/C28H43N3O3S2Si/c1-18(19-12-13-19)21-15-14-20-10-9-11-22(20)25(21)30-26(32)31(37(7,8)27(2,3)4)36(29,34)24-17-16-23(35-24)28(5,6)33/h14-19,29,33H,9-13H2,1-8H3,(H,30,32)/t18?,36-/m0/s1. The topological polar surface area (TPSA) is 93.5 Å². The second-order valence-electron chi connectivity index (χ2n) is 12.9. The molecule has 1 aromatic heterocycles. The summed E-state index contributed by atoms with van der Waals surface area (Å²) in [6.07, 6.45) is 5.42. The first-order chi connectivity index (χ1) is 17.0. The smallest absolute Gasteiger partial charge is 0.326 e. The molecule has 1 aromatic carbocycles. The Morgan fingerprint density at radius 3 is 2.35 bits per heavy atom. The van der Waals surface area contributed by atoms with Crippen molar-refractivity contribution in [3.05, 3.63) is 45.8 Å². The van der Waals surface area contributed by atoms with Crippen LogP contribution in [0.25, 0.3) is 0 Å². The monoisotopic (exact) mass is 561 g/mol. The number of benzene rings is 1. The molecule has 1 fully saturated rings. The van der Waals surface area contributed by atoms with Crippen molar-refractivity contribution in [1.82, 2.24) is 3.97 Å². The largest absolute Gasteiger partial charge is 0.385 e. The van der Waals surface area contributed by atoms with Gasteiger partial charge in [-0.05, 0) is 105 Å². The minimum atomic E-state index is -3.66. The van der Waals surface area contributed by atoms with Gasteiger partial charge < -0.3 is 10.4 Å². The van der Waals surface area contributed by atoms with Crippen molar-refractivity contribution in [2.24, 2.45) is 5.92 Å². The molecule has 0 spiro atoms. The second kappa shape index (κ2) is 9.50. The summed E-state index contributed by atoms with van der Waals surface area (Å²) in [5, 5.41) is 13.4. The van der Waals surface area contributed by atoms with Gasteiger partial charge in [0.05, 0.1) is 5.60 Å². The van der Waals surface area contributed by atoms with Crippen LogP contribution in [0.5, 0.6) is 0 Å². The van der Waals surface area contributed by atoms with Gasteiger partial charge in [0.2, 0.25) is 0 Å². The van der Waals surface area contributed by atoms with Crippen LogP contribution in [0.2, 0.25) is 18.1 Å². The highest BCUT2D eigenvalue weighted by atomic mass is 32.2. The molecule has 2 aliphatic carbocycles. The zero-order valence-electron chi connectivity index (χ0n) is 23.5. The number of aryl methyl sites for hydroxylation is 1. The van der Waals surface area contributed by atoms with E-state index in [1.54, 1.807) is 26.0 Å². The summed E-state index contributed by atoms with van der Waals surface area (Å²) >= 11 is 1.15. The van der Waals surface area contributed by atoms with Gasteiger partial charge in [0.25, 0.3) is 0 Å². The lowest BCUT2D eigenvalue weighted by Crippen LogP contribution is -2.60.